The highest BCUT2D eigenvalue weighted by atomic mass is 79.9. The quantitative estimate of drug-likeness (QED) is 0.661. The Morgan fingerprint density at radius 3 is 2.38 bits per heavy atom. The lowest BCUT2D eigenvalue weighted by Crippen LogP contribution is -1.75. The van der Waals surface area contributed by atoms with Gasteiger partial charge < -0.3 is 0 Å². The van der Waals surface area contributed by atoms with Crippen molar-refractivity contribution < 1.29 is 0 Å². The van der Waals surface area contributed by atoms with Gasteiger partial charge in [-0.3, -0.25) is 0 Å². The third-order valence-corrected chi connectivity index (χ3v) is 3.14. The molecule has 0 fully saturated rings. The molecule has 80 valence electrons. The van der Waals surface area contributed by atoms with Gasteiger partial charge in [0.2, 0.25) is 0 Å². The summed E-state index contributed by atoms with van der Waals surface area (Å²) < 4.78 is 1.01. The molecule has 2 aromatic carbocycles. The van der Waals surface area contributed by atoms with Crippen molar-refractivity contribution in [1.29, 1.82) is 0 Å². The number of rotatable bonds is 2. The third kappa shape index (κ3) is 2.97. The van der Waals surface area contributed by atoms with Gasteiger partial charge in [0.1, 0.15) is 0 Å². The SMILES string of the molecule is Clc1ccc(/C=C/c2ccccc2)c(Br)c1. The number of hydrogen-bond donors (Lipinski definition) is 0. The first-order valence-corrected chi connectivity index (χ1v) is 6.11. The van der Waals surface area contributed by atoms with Gasteiger partial charge in [0.25, 0.3) is 0 Å². The molecule has 2 heteroatoms. The van der Waals surface area contributed by atoms with Crippen molar-refractivity contribution in [3.63, 3.8) is 0 Å². The highest BCUT2D eigenvalue weighted by molar-refractivity contribution is 9.10. The molecule has 0 atom stereocenters. The predicted molar refractivity (Wildman–Crippen MR) is 74.5 cm³/mol. The lowest BCUT2D eigenvalue weighted by Gasteiger charge is -1.99. The van der Waals surface area contributed by atoms with Gasteiger partial charge in [-0.15, -0.1) is 0 Å². The Bertz CT molecular complexity index is 503. The molecule has 16 heavy (non-hydrogen) atoms. The Labute approximate surface area is 109 Å². The van der Waals surface area contributed by atoms with Crippen LogP contribution < -0.4 is 0 Å². The Kier molecular flexibility index (Phi) is 3.81. The molecule has 0 radical (unpaired) electrons. The van der Waals surface area contributed by atoms with Crippen LogP contribution in [-0.4, -0.2) is 0 Å². The lowest BCUT2D eigenvalue weighted by molar-refractivity contribution is 1.60. The van der Waals surface area contributed by atoms with E-state index in [2.05, 4.69) is 40.2 Å². The van der Waals surface area contributed by atoms with Gasteiger partial charge in [-0.2, -0.15) is 0 Å². The molecule has 0 amide bonds. The molecular formula is C14H10BrCl. The monoisotopic (exact) mass is 292 g/mol. The predicted octanol–water partition coefficient (Wildman–Crippen LogP) is 5.27. The highest BCUT2D eigenvalue weighted by Crippen LogP contribution is 2.23. The first-order valence-electron chi connectivity index (χ1n) is 4.94. The average molecular weight is 294 g/mol. The van der Waals surface area contributed by atoms with Crippen LogP contribution in [0.4, 0.5) is 0 Å². The maximum Gasteiger partial charge on any atom is 0.0417 e. The van der Waals surface area contributed by atoms with E-state index in [1.54, 1.807) is 0 Å². The molecule has 0 aliphatic rings. The smallest absolute Gasteiger partial charge is 0.0417 e. The van der Waals surface area contributed by atoms with Gasteiger partial charge >= 0.3 is 0 Å². The summed E-state index contributed by atoms with van der Waals surface area (Å²) in [7, 11) is 0. The summed E-state index contributed by atoms with van der Waals surface area (Å²) in [6.45, 7) is 0. The van der Waals surface area contributed by atoms with E-state index >= 15 is 0 Å². The molecule has 0 heterocycles. The molecule has 0 bridgehead atoms. The molecule has 0 aromatic heterocycles. The fraction of sp³-hybridized carbons (Fsp3) is 0. The second-order valence-electron chi connectivity index (χ2n) is 3.41. The van der Waals surface area contributed by atoms with Gasteiger partial charge in [0.05, 0.1) is 0 Å². The fourth-order valence-electron chi connectivity index (χ4n) is 1.39. The zero-order valence-corrected chi connectivity index (χ0v) is 10.9. The molecule has 0 unspecified atom stereocenters. The van der Waals surface area contributed by atoms with Crippen LogP contribution in [-0.2, 0) is 0 Å². The van der Waals surface area contributed by atoms with Crippen LogP contribution in [0.1, 0.15) is 11.1 Å². The minimum absolute atomic E-state index is 0.740. The maximum absolute atomic E-state index is 5.88. The summed E-state index contributed by atoms with van der Waals surface area (Å²) in [6.07, 6.45) is 4.14. The van der Waals surface area contributed by atoms with Crippen molar-refractivity contribution in [3.8, 4) is 0 Å². The van der Waals surface area contributed by atoms with Crippen LogP contribution in [0.25, 0.3) is 12.2 Å². The van der Waals surface area contributed by atoms with Crippen LogP contribution >= 0.6 is 27.5 Å². The van der Waals surface area contributed by atoms with Crippen LogP contribution in [0.2, 0.25) is 5.02 Å². The van der Waals surface area contributed by atoms with Crippen molar-refractivity contribution in [2.75, 3.05) is 0 Å². The third-order valence-electron chi connectivity index (χ3n) is 2.22. The van der Waals surface area contributed by atoms with Crippen molar-refractivity contribution in [2.24, 2.45) is 0 Å². The summed E-state index contributed by atoms with van der Waals surface area (Å²) >= 11 is 9.36. The van der Waals surface area contributed by atoms with Gasteiger partial charge in [-0.1, -0.05) is 76.1 Å². The Morgan fingerprint density at radius 2 is 1.69 bits per heavy atom. The number of hydrogen-bond acceptors (Lipinski definition) is 0. The highest BCUT2D eigenvalue weighted by Gasteiger charge is 1.96. The van der Waals surface area contributed by atoms with E-state index < -0.39 is 0 Å². The lowest BCUT2D eigenvalue weighted by atomic mass is 10.1. The van der Waals surface area contributed by atoms with E-state index in [4.69, 9.17) is 11.6 Å². The minimum Gasteiger partial charge on any atom is -0.0843 e. The van der Waals surface area contributed by atoms with E-state index in [-0.39, 0.29) is 0 Å². The minimum atomic E-state index is 0.740. The Morgan fingerprint density at radius 1 is 0.938 bits per heavy atom. The largest absolute Gasteiger partial charge is 0.0843 e. The van der Waals surface area contributed by atoms with Crippen molar-refractivity contribution in [3.05, 3.63) is 69.2 Å². The van der Waals surface area contributed by atoms with Crippen molar-refractivity contribution in [2.45, 2.75) is 0 Å². The van der Waals surface area contributed by atoms with Gasteiger partial charge in [-0.05, 0) is 23.3 Å². The molecule has 0 nitrogen and oxygen atoms in total. The second-order valence-corrected chi connectivity index (χ2v) is 4.70. The molecule has 0 aliphatic carbocycles. The van der Waals surface area contributed by atoms with Gasteiger partial charge in [0.15, 0.2) is 0 Å². The molecule has 2 aromatic rings. The van der Waals surface area contributed by atoms with Crippen LogP contribution in [0.3, 0.4) is 0 Å². The molecule has 0 saturated carbocycles. The summed E-state index contributed by atoms with van der Waals surface area (Å²) in [5.74, 6) is 0. The zero-order chi connectivity index (χ0) is 11.4. The molecule has 0 saturated heterocycles. The summed E-state index contributed by atoms with van der Waals surface area (Å²) in [5.41, 5.74) is 2.30. The van der Waals surface area contributed by atoms with E-state index in [0.29, 0.717) is 0 Å². The van der Waals surface area contributed by atoms with Gasteiger partial charge in [-0.25, -0.2) is 0 Å². The van der Waals surface area contributed by atoms with Crippen molar-refractivity contribution in [1.82, 2.24) is 0 Å². The maximum atomic E-state index is 5.88. The van der Waals surface area contributed by atoms with Crippen LogP contribution in [0.15, 0.2) is 53.0 Å². The summed E-state index contributed by atoms with van der Waals surface area (Å²) in [5, 5.41) is 0.740. The molecule has 0 N–H and O–H groups in total. The molecule has 2 rings (SSSR count). The number of benzene rings is 2. The standard InChI is InChI=1S/C14H10BrCl/c15-14-10-13(16)9-8-12(14)7-6-11-4-2-1-3-5-11/h1-10H/b7-6+. The van der Waals surface area contributed by atoms with Gasteiger partial charge in [0, 0.05) is 9.50 Å². The molecule has 0 spiro atoms. The molecule has 0 aliphatic heterocycles. The molecular weight excluding hydrogens is 284 g/mol. The van der Waals surface area contributed by atoms with Crippen LogP contribution in [0.5, 0.6) is 0 Å². The number of halogens is 2. The van der Waals surface area contributed by atoms with E-state index in [9.17, 15) is 0 Å². The summed E-state index contributed by atoms with van der Waals surface area (Å²) in [6, 6.07) is 16.0. The first-order chi connectivity index (χ1) is 7.75. The first kappa shape index (κ1) is 11.4. The fourth-order valence-corrected chi connectivity index (χ4v) is 2.20. The van der Waals surface area contributed by atoms with E-state index in [1.807, 2.05) is 36.4 Å². The van der Waals surface area contributed by atoms with E-state index in [1.165, 1.54) is 5.56 Å². The van der Waals surface area contributed by atoms with Crippen LogP contribution in [0, 0.1) is 0 Å². The zero-order valence-electron chi connectivity index (χ0n) is 8.53. The van der Waals surface area contributed by atoms with Crippen molar-refractivity contribution >= 4 is 39.7 Å². The topological polar surface area (TPSA) is 0 Å². The Hall–Kier alpha value is -1.05. The second kappa shape index (κ2) is 5.33. The summed E-state index contributed by atoms with van der Waals surface area (Å²) in [4.78, 5) is 0. The average Bonchev–Trinajstić information content (AvgIpc) is 2.29. The Balaban J connectivity index is 2.24. The normalized spacial score (nSPS) is 10.9. The van der Waals surface area contributed by atoms with E-state index in [0.717, 1.165) is 15.1 Å².